The van der Waals surface area contributed by atoms with E-state index in [2.05, 4.69) is 67.1 Å². The Kier molecular flexibility index (Phi) is 3.72. The first-order valence-corrected chi connectivity index (χ1v) is 8.83. The van der Waals surface area contributed by atoms with Crippen molar-refractivity contribution in [2.45, 2.75) is 5.25 Å². The third-order valence-corrected chi connectivity index (χ3v) is 5.51. The van der Waals surface area contributed by atoms with Crippen LogP contribution in [0.15, 0.2) is 59.5 Å². The second-order valence-electron chi connectivity index (χ2n) is 4.51. The second-order valence-corrected chi connectivity index (χ2v) is 6.30. The van der Waals surface area contributed by atoms with Gasteiger partial charge in [-0.1, -0.05) is 54.6 Å². The van der Waals surface area contributed by atoms with Crippen LogP contribution in [-0.2, 0) is 0 Å². The zero-order chi connectivity index (χ0) is 13.2. The summed E-state index contributed by atoms with van der Waals surface area (Å²) in [5, 5.41) is 0.487. The summed E-state index contributed by atoms with van der Waals surface area (Å²) in [4.78, 5) is 1.49. The van der Waals surface area contributed by atoms with Crippen LogP contribution in [0.1, 0.15) is 21.9 Å². The molecule has 2 aromatic rings. The number of hydrogen-bond donors (Lipinski definition) is 0. The summed E-state index contributed by atoms with van der Waals surface area (Å²) < 4.78 is 0. The van der Waals surface area contributed by atoms with Gasteiger partial charge in [0.05, 0.1) is 5.25 Å². The van der Waals surface area contributed by atoms with Crippen molar-refractivity contribution in [2.75, 3.05) is 12.5 Å². The largest absolute Gasteiger partial charge is 0.152 e. The van der Waals surface area contributed by atoms with Gasteiger partial charge in [-0.05, 0) is 29.2 Å². The maximum absolute atomic E-state index is 2.27. The van der Waals surface area contributed by atoms with E-state index >= 15 is 0 Å². The number of fused-ring (bicyclic) bond motifs is 1. The Hall–Kier alpha value is -1.12. The number of rotatable bonds is 3. The van der Waals surface area contributed by atoms with Gasteiger partial charge in [-0.25, -0.2) is 0 Å². The molecule has 0 aliphatic heterocycles. The fourth-order valence-electron chi connectivity index (χ4n) is 2.70. The number of hydrogen-bond acceptors (Lipinski definition) is 2. The predicted molar refractivity (Wildman–Crippen MR) is 88.7 cm³/mol. The monoisotopic (exact) mass is 284 g/mol. The smallest absolute Gasteiger partial charge is 0.0615 e. The lowest BCUT2D eigenvalue weighted by atomic mass is 9.99. The van der Waals surface area contributed by atoms with E-state index in [1.165, 1.54) is 27.2 Å². The minimum Gasteiger partial charge on any atom is -0.152 e. The zero-order valence-electron chi connectivity index (χ0n) is 11.1. The molecule has 1 unspecified atom stereocenters. The first-order chi connectivity index (χ1) is 9.36. The van der Waals surface area contributed by atoms with Crippen LogP contribution >= 0.6 is 23.5 Å². The van der Waals surface area contributed by atoms with Crippen LogP contribution in [0.25, 0.3) is 5.57 Å². The summed E-state index contributed by atoms with van der Waals surface area (Å²) in [6, 6.07) is 19.6. The van der Waals surface area contributed by atoms with Crippen LogP contribution in [0.2, 0.25) is 0 Å². The average molecular weight is 284 g/mol. The van der Waals surface area contributed by atoms with Crippen molar-refractivity contribution in [2.24, 2.45) is 0 Å². The number of thioether (sulfide) groups is 2. The van der Waals surface area contributed by atoms with E-state index in [4.69, 9.17) is 0 Å². The molecule has 0 N–H and O–H groups in total. The van der Waals surface area contributed by atoms with Crippen molar-refractivity contribution in [3.63, 3.8) is 0 Å². The molecule has 0 amide bonds. The molecule has 1 atom stereocenters. The van der Waals surface area contributed by atoms with Gasteiger partial charge in [0.15, 0.2) is 0 Å². The van der Waals surface area contributed by atoms with E-state index in [1.807, 2.05) is 23.5 Å². The maximum Gasteiger partial charge on any atom is 0.0615 e. The van der Waals surface area contributed by atoms with E-state index in [0.717, 1.165) is 0 Å². The quantitative estimate of drug-likeness (QED) is 0.757. The van der Waals surface area contributed by atoms with Gasteiger partial charge >= 0.3 is 0 Å². The van der Waals surface area contributed by atoms with E-state index in [-0.39, 0.29) is 0 Å². The third-order valence-electron chi connectivity index (χ3n) is 3.52. The Balaban J connectivity index is 2.24. The Bertz CT molecular complexity index is 614. The molecule has 0 radical (unpaired) electrons. The van der Waals surface area contributed by atoms with Gasteiger partial charge in [0.2, 0.25) is 0 Å². The molecule has 0 saturated heterocycles. The minimum atomic E-state index is 0.487. The van der Waals surface area contributed by atoms with Crippen LogP contribution < -0.4 is 0 Å². The predicted octanol–water partition coefficient (Wildman–Crippen LogP) is 5.23. The Labute approximate surface area is 123 Å². The van der Waals surface area contributed by atoms with Crippen LogP contribution in [-0.4, -0.2) is 12.5 Å². The van der Waals surface area contributed by atoms with Crippen molar-refractivity contribution in [3.05, 3.63) is 76.2 Å². The fourth-order valence-corrected chi connectivity index (χ4v) is 4.85. The lowest BCUT2D eigenvalue weighted by Gasteiger charge is -2.12. The van der Waals surface area contributed by atoms with E-state index in [9.17, 15) is 0 Å². The first kappa shape index (κ1) is 12.9. The van der Waals surface area contributed by atoms with Crippen LogP contribution in [0.3, 0.4) is 0 Å². The average Bonchev–Trinajstić information content (AvgIpc) is 2.81. The normalized spacial score (nSPS) is 17.7. The van der Waals surface area contributed by atoms with Crippen LogP contribution in [0.5, 0.6) is 0 Å². The maximum atomic E-state index is 2.27. The molecule has 2 heteroatoms. The Morgan fingerprint density at radius 2 is 1.53 bits per heavy atom. The summed E-state index contributed by atoms with van der Waals surface area (Å²) in [6.07, 6.45) is 4.39. The zero-order valence-corrected chi connectivity index (χ0v) is 12.7. The topological polar surface area (TPSA) is 0 Å². The highest BCUT2D eigenvalue weighted by Gasteiger charge is 2.30. The van der Waals surface area contributed by atoms with Gasteiger partial charge in [-0.2, -0.15) is 11.8 Å². The minimum absolute atomic E-state index is 0.487. The highest BCUT2D eigenvalue weighted by molar-refractivity contribution is 8.05. The van der Waals surface area contributed by atoms with Crippen molar-refractivity contribution in [3.8, 4) is 0 Å². The third kappa shape index (κ3) is 2.13. The van der Waals surface area contributed by atoms with Crippen molar-refractivity contribution < 1.29 is 0 Å². The van der Waals surface area contributed by atoms with Gasteiger partial charge in [-0.3, -0.25) is 0 Å². The first-order valence-electron chi connectivity index (χ1n) is 6.32. The molecule has 1 aliphatic carbocycles. The lowest BCUT2D eigenvalue weighted by molar-refractivity contribution is 1.25. The Morgan fingerprint density at radius 1 is 0.842 bits per heavy atom. The molecule has 0 heterocycles. The van der Waals surface area contributed by atoms with Crippen molar-refractivity contribution >= 4 is 29.1 Å². The lowest BCUT2D eigenvalue weighted by Crippen LogP contribution is -1.89. The summed E-state index contributed by atoms with van der Waals surface area (Å²) in [6.45, 7) is 0. The second kappa shape index (κ2) is 5.48. The molecule has 0 fully saturated rings. The van der Waals surface area contributed by atoms with Gasteiger partial charge in [-0.15, -0.1) is 11.8 Å². The molecule has 0 nitrogen and oxygen atoms in total. The molecule has 0 aromatic heterocycles. The SMILES string of the molecule is CSC1=C(c2ccccc2)c2ccccc2C1SC. The molecule has 1 aliphatic rings. The molecular weight excluding hydrogens is 268 g/mol. The highest BCUT2D eigenvalue weighted by atomic mass is 32.2. The summed E-state index contributed by atoms with van der Waals surface area (Å²) in [5.41, 5.74) is 5.61. The molecule has 3 rings (SSSR count). The molecule has 0 bridgehead atoms. The van der Waals surface area contributed by atoms with Gasteiger partial charge in [0, 0.05) is 10.5 Å². The molecule has 19 heavy (non-hydrogen) atoms. The Morgan fingerprint density at radius 3 is 2.21 bits per heavy atom. The van der Waals surface area contributed by atoms with Gasteiger partial charge < -0.3 is 0 Å². The molecular formula is C17H16S2. The van der Waals surface area contributed by atoms with Crippen LogP contribution in [0, 0.1) is 0 Å². The molecule has 0 saturated carbocycles. The van der Waals surface area contributed by atoms with E-state index in [1.54, 1.807) is 0 Å². The summed E-state index contributed by atoms with van der Waals surface area (Å²) in [5.74, 6) is 0. The standard InChI is InChI=1S/C17H16S2/c1-18-16-14-11-7-6-10-13(14)15(17(16)19-2)12-8-4-3-5-9-12/h3-11,16H,1-2H3. The van der Waals surface area contributed by atoms with E-state index < -0.39 is 0 Å². The van der Waals surface area contributed by atoms with E-state index in [0.29, 0.717) is 5.25 Å². The molecule has 2 aromatic carbocycles. The highest BCUT2D eigenvalue weighted by Crippen LogP contribution is 2.52. The van der Waals surface area contributed by atoms with Crippen LogP contribution in [0.4, 0.5) is 0 Å². The van der Waals surface area contributed by atoms with Crippen molar-refractivity contribution in [1.29, 1.82) is 0 Å². The summed E-state index contributed by atoms with van der Waals surface area (Å²) >= 11 is 3.81. The summed E-state index contributed by atoms with van der Waals surface area (Å²) in [7, 11) is 0. The van der Waals surface area contributed by atoms with Gasteiger partial charge in [0.25, 0.3) is 0 Å². The fraction of sp³-hybridized carbons (Fsp3) is 0.176. The van der Waals surface area contributed by atoms with Gasteiger partial charge in [0.1, 0.15) is 0 Å². The molecule has 0 spiro atoms. The molecule has 96 valence electrons. The van der Waals surface area contributed by atoms with Crippen molar-refractivity contribution in [1.82, 2.24) is 0 Å². The number of benzene rings is 2.